The number of hydrogen-bond donors (Lipinski definition) is 0. The highest BCUT2D eigenvalue weighted by Gasteiger charge is 2.21. The number of carbonyl (C=O) groups is 1. The zero-order chi connectivity index (χ0) is 10.7. The van der Waals surface area contributed by atoms with Gasteiger partial charge >= 0.3 is 0 Å². The molecule has 0 aliphatic carbocycles. The van der Waals surface area contributed by atoms with Crippen molar-refractivity contribution < 1.29 is 13.6 Å². The minimum atomic E-state index is -1.99. The van der Waals surface area contributed by atoms with Crippen LogP contribution < -0.4 is 0 Å². The first-order valence-electron chi connectivity index (χ1n) is 3.74. The summed E-state index contributed by atoms with van der Waals surface area (Å²) < 4.78 is 26.9. The lowest BCUT2D eigenvalue weighted by Crippen LogP contribution is -2.10. The summed E-state index contributed by atoms with van der Waals surface area (Å²) in [6.45, 7) is 0. The summed E-state index contributed by atoms with van der Waals surface area (Å²) in [6.07, 6.45) is -1.99. The van der Waals surface area contributed by atoms with Gasteiger partial charge in [0.15, 0.2) is 12.0 Å². The molecule has 0 saturated heterocycles. The number of rotatable bonds is 3. The predicted octanol–water partition coefficient (Wildman–Crippen LogP) is 3.41. The molecule has 0 fully saturated rings. The molecular weight excluding hydrogens is 277 g/mol. The summed E-state index contributed by atoms with van der Waals surface area (Å²) in [5, 5.41) is 0. The summed E-state index contributed by atoms with van der Waals surface area (Å²) in [5.41, 5.74) is -0.279. The zero-order valence-corrected chi connectivity index (χ0v) is 9.28. The maximum atomic E-state index is 13.2. The highest BCUT2D eigenvalue weighted by atomic mass is 79.9. The lowest BCUT2D eigenvalue weighted by Gasteiger charge is -2.06. The Morgan fingerprint density at radius 1 is 1.57 bits per heavy atom. The van der Waals surface area contributed by atoms with Crippen LogP contribution in [0.25, 0.3) is 0 Å². The van der Waals surface area contributed by atoms with Gasteiger partial charge in [-0.15, -0.1) is 11.6 Å². The van der Waals surface area contributed by atoms with Gasteiger partial charge in [-0.1, -0.05) is 22.0 Å². The molecule has 1 rings (SSSR count). The van der Waals surface area contributed by atoms with Crippen LogP contribution in [0.4, 0.5) is 8.78 Å². The molecule has 76 valence electrons. The summed E-state index contributed by atoms with van der Waals surface area (Å²) in [6, 6.07) is 3.78. The van der Waals surface area contributed by atoms with Gasteiger partial charge in [0.2, 0.25) is 0 Å². The molecule has 14 heavy (non-hydrogen) atoms. The fourth-order valence-electron chi connectivity index (χ4n) is 0.948. The van der Waals surface area contributed by atoms with E-state index in [0.717, 1.165) is 6.07 Å². The molecule has 0 spiro atoms. The molecule has 1 unspecified atom stereocenters. The normalized spacial score (nSPS) is 12.6. The molecule has 1 aromatic carbocycles. The van der Waals surface area contributed by atoms with Crippen molar-refractivity contribution in [3.63, 3.8) is 0 Å². The van der Waals surface area contributed by atoms with Crippen LogP contribution >= 0.6 is 27.5 Å². The molecule has 0 aliphatic rings. The SMILES string of the molecule is O=C(CCl)C(F)c1ccc(Br)cc1F. The van der Waals surface area contributed by atoms with Crippen LogP contribution in [0.3, 0.4) is 0 Å². The molecule has 0 aromatic heterocycles. The molecule has 0 bridgehead atoms. The molecule has 1 nitrogen and oxygen atoms in total. The van der Waals surface area contributed by atoms with Crippen molar-refractivity contribution >= 4 is 33.3 Å². The molecule has 0 radical (unpaired) electrons. The van der Waals surface area contributed by atoms with Crippen LogP contribution in [0.15, 0.2) is 22.7 Å². The Kier molecular flexibility index (Phi) is 4.01. The zero-order valence-electron chi connectivity index (χ0n) is 6.94. The van der Waals surface area contributed by atoms with Crippen molar-refractivity contribution in [3.8, 4) is 0 Å². The second kappa shape index (κ2) is 4.84. The third-order valence-corrected chi connectivity index (χ3v) is 2.41. The Bertz CT molecular complexity index is 357. The van der Waals surface area contributed by atoms with E-state index in [4.69, 9.17) is 11.6 Å². The van der Waals surface area contributed by atoms with Crippen LogP contribution in [0.2, 0.25) is 0 Å². The summed E-state index contributed by atoms with van der Waals surface area (Å²) in [4.78, 5) is 10.9. The molecule has 0 amide bonds. The number of Topliss-reactive ketones (excluding diaryl/α,β-unsaturated/α-hetero) is 1. The van der Waals surface area contributed by atoms with E-state index in [-0.39, 0.29) is 5.56 Å². The number of ketones is 1. The first-order chi connectivity index (χ1) is 6.56. The van der Waals surface area contributed by atoms with Crippen molar-refractivity contribution in [2.75, 3.05) is 5.88 Å². The van der Waals surface area contributed by atoms with Gasteiger partial charge in [-0.2, -0.15) is 0 Å². The van der Waals surface area contributed by atoms with E-state index in [1.807, 2.05) is 0 Å². The van der Waals surface area contributed by atoms with Crippen molar-refractivity contribution in [2.24, 2.45) is 0 Å². The summed E-state index contributed by atoms with van der Waals surface area (Å²) >= 11 is 8.19. The standard InChI is InChI=1S/C9H6BrClF2O/c10-5-1-2-6(7(12)3-5)9(13)8(14)4-11/h1-3,9H,4H2. The van der Waals surface area contributed by atoms with Gasteiger partial charge in [-0.05, 0) is 12.1 Å². The Labute approximate surface area is 93.2 Å². The Balaban J connectivity index is 3.01. The molecule has 0 aliphatic heterocycles. The fraction of sp³-hybridized carbons (Fsp3) is 0.222. The van der Waals surface area contributed by atoms with Crippen molar-refractivity contribution in [2.45, 2.75) is 6.17 Å². The first-order valence-corrected chi connectivity index (χ1v) is 5.06. The largest absolute Gasteiger partial charge is 0.295 e. The van der Waals surface area contributed by atoms with E-state index in [2.05, 4.69) is 15.9 Å². The Morgan fingerprint density at radius 2 is 2.21 bits per heavy atom. The predicted molar refractivity (Wildman–Crippen MR) is 53.7 cm³/mol. The second-order valence-corrected chi connectivity index (χ2v) is 3.81. The Hall–Kier alpha value is -0.480. The lowest BCUT2D eigenvalue weighted by molar-refractivity contribution is -0.121. The smallest absolute Gasteiger partial charge is 0.187 e. The highest BCUT2D eigenvalue weighted by Crippen LogP contribution is 2.24. The van der Waals surface area contributed by atoms with Gasteiger partial charge in [-0.25, -0.2) is 8.78 Å². The topological polar surface area (TPSA) is 17.1 Å². The molecule has 1 aromatic rings. The molecule has 0 N–H and O–H groups in total. The lowest BCUT2D eigenvalue weighted by atomic mass is 10.1. The van der Waals surface area contributed by atoms with E-state index >= 15 is 0 Å². The minimum Gasteiger partial charge on any atom is -0.295 e. The van der Waals surface area contributed by atoms with Crippen LogP contribution in [0, 0.1) is 5.82 Å². The van der Waals surface area contributed by atoms with Gasteiger partial charge in [0.1, 0.15) is 5.82 Å². The van der Waals surface area contributed by atoms with Crippen molar-refractivity contribution in [3.05, 3.63) is 34.1 Å². The Morgan fingerprint density at radius 3 is 2.71 bits per heavy atom. The number of halogens is 4. The van der Waals surface area contributed by atoms with Crippen LogP contribution in [-0.4, -0.2) is 11.7 Å². The monoisotopic (exact) mass is 282 g/mol. The van der Waals surface area contributed by atoms with Crippen molar-refractivity contribution in [1.82, 2.24) is 0 Å². The summed E-state index contributed by atoms with van der Waals surface area (Å²) in [7, 11) is 0. The van der Waals surface area contributed by atoms with Crippen molar-refractivity contribution in [1.29, 1.82) is 0 Å². The van der Waals surface area contributed by atoms with E-state index in [0.29, 0.717) is 4.47 Å². The van der Waals surface area contributed by atoms with E-state index in [1.165, 1.54) is 12.1 Å². The minimum absolute atomic E-state index is 0.279. The third-order valence-electron chi connectivity index (χ3n) is 1.65. The van der Waals surface area contributed by atoms with Crippen LogP contribution in [-0.2, 0) is 4.79 Å². The maximum Gasteiger partial charge on any atom is 0.187 e. The average molecular weight is 283 g/mol. The molecular formula is C9H6BrClF2O. The van der Waals surface area contributed by atoms with Gasteiger partial charge in [0.25, 0.3) is 0 Å². The molecule has 5 heteroatoms. The fourth-order valence-corrected chi connectivity index (χ4v) is 1.42. The third kappa shape index (κ3) is 2.51. The number of carbonyl (C=O) groups excluding carboxylic acids is 1. The highest BCUT2D eigenvalue weighted by molar-refractivity contribution is 9.10. The van der Waals surface area contributed by atoms with E-state index in [1.54, 1.807) is 0 Å². The summed E-state index contributed by atoms with van der Waals surface area (Å²) in [5.74, 6) is -2.06. The van der Waals surface area contributed by atoms with Gasteiger partial charge in [-0.3, -0.25) is 4.79 Å². The van der Waals surface area contributed by atoms with Crippen LogP contribution in [0.5, 0.6) is 0 Å². The molecule has 0 heterocycles. The van der Waals surface area contributed by atoms with Gasteiger partial charge in [0, 0.05) is 10.0 Å². The number of benzene rings is 1. The first kappa shape index (κ1) is 11.6. The maximum absolute atomic E-state index is 13.2. The van der Waals surface area contributed by atoms with Gasteiger partial charge < -0.3 is 0 Å². The van der Waals surface area contributed by atoms with E-state index in [9.17, 15) is 13.6 Å². The quantitative estimate of drug-likeness (QED) is 0.777. The van der Waals surface area contributed by atoms with E-state index < -0.39 is 23.7 Å². The second-order valence-electron chi connectivity index (χ2n) is 2.63. The number of hydrogen-bond acceptors (Lipinski definition) is 1. The number of alkyl halides is 2. The van der Waals surface area contributed by atoms with Gasteiger partial charge in [0.05, 0.1) is 5.88 Å². The molecule has 1 atom stereocenters. The van der Waals surface area contributed by atoms with Crippen LogP contribution in [0.1, 0.15) is 11.7 Å². The molecule has 0 saturated carbocycles. The average Bonchev–Trinajstić information content (AvgIpc) is 2.15.